The predicted octanol–water partition coefficient (Wildman–Crippen LogP) is 5.00. The highest BCUT2D eigenvalue weighted by Crippen LogP contribution is 2.28. The number of para-hydroxylation sites is 1. The molecule has 2 amide bonds. The molecule has 0 bridgehead atoms. The van der Waals surface area contributed by atoms with Crippen LogP contribution in [0.2, 0.25) is 0 Å². The number of aryl methyl sites for hydroxylation is 2. The lowest BCUT2D eigenvalue weighted by Crippen LogP contribution is -2.21. The lowest BCUT2D eigenvalue weighted by atomic mass is 10.1. The SMILES string of the molecule is CC1=NN(c2ccc(C#N)cc2)C(=O)/C1=C/c1ccccc1OCC(=O)Nc1ccc(C)c(C)c1. The Bertz CT molecular complexity index is 1400. The third-order valence-corrected chi connectivity index (χ3v) is 5.67. The first kappa shape index (κ1) is 23.5. The molecule has 0 saturated carbocycles. The van der Waals surface area contributed by atoms with Crippen LogP contribution in [-0.2, 0) is 9.59 Å². The maximum Gasteiger partial charge on any atom is 0.280 e. The average Bonchev–Trinajstić information content (AvgIpc) is 3.14. The van der Waals surface area contributed by atoms with Gasteiger partial charge >= 0.3 is 0 Å². The molecule has 1 aliphatic heterocycles. The maximum atomic E-state index is 13.1. The predicted molar refractivity (Wildman–Crippen MR) is 136 cm³/mol. The van der Waals surface area contributed by atoms with Crippen molar-refractivity contribution < 1.29 is 14.3 Å². The molecule has 0 spiro atoms. The average molecular weight is 465 g/mol. The number of amides is 2. The van der Waals surface area contributed by atoms with E-state index in [-0.39, 0.29) is 18.4 Å². The summed E-state index contributed by atoms with van der Waals surface area (Å²) in [5.74, 6) is -0.0838. The van der Waals surface area contributed by atoms with E-state index in [0.29, 0.717) is 39.5 Å². The zero-order valence-electron chi connectivity index (χ0n) is 19.7. The van der Waals surface area contributed by atoms with Gasteiger partial charge in [0.2, 0.25) is 0 Å². The van der Waals surface area contributed by atoms with E-state index in [9.17, 15) is 9.59 Å². The lowest BCUT2D eigenvalue weighted by Gasteiger charge is -2.12. The van der Waals surface area contributed by atoms with Crippen LogP contribution in [0, 0.1) is 25.2 Å². The first-order valence-corrected chi connectivity index (χ1v) is 11.1. The molecular weight excluding hydrogens is 440 g/mol. The quantitative estimate of drug-likeness (QED) is 0.520. The number of nitrogens with one attached hydrogen (secondary N) is 1. The number of hydrazone groups is 1. The fourth-order valence-corrected chi connectivity index (χ4v) is 3.58. The Kier molecular flexibility index (Phi) is 6.74. The van der Waals surface area contributed by atoms with Gasteiger partial charge in [-0.2, -0.15) is 15.4 Å². The summed E-state index contributed by atoms with van der Waals surface area (Å²) in [6.07, 6.45) is 1.71. The van der Waals surface area contributed by atoms with Crippen molar-refractivity contribution in [3.63, 3.8) is 0 Å². The zero-order valence-corrected chi connectivity index (χ0v) is 19.7. The van der Waals surface area contributed by atoms with Gasteiger partial charge in [0.1, 0.15) is 5.75 Å². The van der Waals surface area contributed by atoms with Crippen LogP contribution in [0.15, 0.2) is 77.4 Å². The number of hydrogen-bond donors (Lipinski definition) is 1. The van der Waals surface area contributed by atoms with E-state index in [4.69, 9.17) is 10.00 Å². The van der Waals surface area contributed by atoms with Crippen LogP contribution in [0.25, 0.3) is 6.08 Å². The van der Waals surface area contributed by atoms with Crippen molar-refractivity contribution in [1.82, 2.24) is 0 Å². The minimum absolute atomic E-state index is 0.175. The molecule has 7 nitrogen and oxygen atoms in total. The molecule has 7 heteroatoms. The van der Waals surface area contributed by atoms with Crippen molar-refractivity contribution in [2.24, 2.45) is 5.10 Å². The van der Waals surface area contributed by atoms with Gasteiger partial charge in [0.05, 0.1) is 28.6 Å². The van der Waals surface area contributed by atoms with Crippen molar-refractivity contribution in [2.75, 3.05) is 16.9 Å². The van der Waals surface area contributed by atoms with Crippen molar-refractivity contribution in [2.45, 2.75) is 20.8 Å². The number of benzene rings is 3. The van der Waals surface area contributed by atoms with Crippen LogP contribution < -0.4 is 15.1 Å². The van der Waals surface area contributed by atoms with Gasteiger partial charge in [0, 0.05) is 11.3 Å². The van der Waals surface area contributed by atoms with Gasteiger partial charge in [0.15, 0.2) is 6.61 Å². The maximum absolute atomic E-state index is 13.1. The van der Waals surface area contributed by atoms with Crippen LogP contribution >= 0.6 is 0 Å². The van der Waals surface area contributed by atoms with E-state index in [2.05, 4.69) is 16.5 Å². The van der Waals surface area contributed by atoms with E-state index in [0.717, 1.165) is 11.1 Å². The van der Waals surface area contributed by atoms with Crippen LogP contribution in [0.3, 0.4) is 0 Å². The Morgan fingerprint density at radius 3 is 2.51 bits per heavy atom. The Morgan fingerprint density at radius 1 is 1.06 bits per heavy atom. The van der Waals surface area contributed by atoms with Crippen molar-refractivity contribution in [3.05, 3.63) is 94.6 Å². The minimum atomic E-state index is -0.283. The molecular formula is C28H24N4O3. The van der Waals surface area contributed by atoms with Gasteiger partial charge in [-0.3, -0.25) is 9.59 Å². The monoisotopic (exact) mass is 464 g/mol. The summed E-state index contributed by atoms with van der Waals surface area (Å²) in [5.41, 5.74) is 5.67. The molecule has 0 aliphatic carbocycles. The standard InChI is InChI=1S/C28H24N4O3/c1-18-8-11-23(14-19(18)2)30-27(33)17-35-26-7-5-4-6-22(26)15-25-20(3)31-32(28(25)34)24-12-9-21(16-29)10-13-24/h4-15H,17H2,1-3H3,(H,30,33)/b25-15+. The minimum Gasteiger partial charge on any atom is -0.483 e. The van der Waals surface area contributed by atoms with Crippen LogP contribution in [0.1, 0.15) is 29.2 Å². The number of nitriles is 1. The molecule has 3 aromatic rings. The highest BCUT2D eigenvalue weighted by Gasteiger charge is 2.29. The molecule has 0 aromatic heterocycles. The largest absolute Gasteiger partial charge is 0.483 e. The Morgan fingerprint density at radius 2 is 1.80 bits per heavy atom. The lowest BCUT2D eigenvalue weighted by molar-refractivity contribution is -0.118. The van der Waals surface area contributed by atoms with Gasteiger partial charge in [-0.05, 0) is 80.4 Å². The van der Waals surface area contributed by atoms with E-state index in [1.165, 1.54) is 5.01 Å². The van der Waals surface area contributed by atoms with E-state index in [1.807, 2.05) is 44.2 Å². The van der Waals surface area contributed by atoms with Crippen molar-refractivity contribution in [3.8, 4) is 11.8 Å². The molecule has 0 unspecified atom stereocenters. The molecule has 174 valence electrons. The van der Waals surface area contributed by atoms with Crippen LogP contribution in [0.5, 0.6) is 5.75 Å². The highest BCUT2D eigenvalue weighted by atomic mass is 16.5. The second-order valence-corrected chi connectivity index (χ2v) is 8.19. The Balaban J connectivity index is 1.48. The number of carbonyl (C=O) groups is 2. The van der Waals surface area contributed by atoms with Gasteiger partial charge in [0.25, 0.3) is 11.8 Å². The summed E-state index contributed by atoms with van der Waals surface area (Å²) in [5, 5.41) is 17.5. The molecule has 0 atom stereocenters. The number of rotatable bonds is 6. The first-order chi connectivity index (χ1) is 16.9. The topological polar surface area (TPSA) is 94.8 Å². The van der Waals surface area contributed by atoms with E-state index in [1.54, 1.807) is 49.4 Å². The van der Waals surface area contributed by atoms with Crippen molar-refractivity contribution >= 4 is 35.0 Å². The van der Waals surface area contributed by atoms with Crippen LogP contribution in [-0.4, -0.2) is 24.1 Å². The summed E-state index contributed by atoms with van der Waals surface area (Å²) in [6.45, 7) is 5.59. The zero-order chi connectivity index (χ0) is 24.9. The van der Waals surface area contributed by atoms with Crippen LogP contribution in [0.4, 0.5) is 11.4 Å². The van der Waals surface area contributed by atoms with E-state index < -0.39 is 0 Å². The molecule has 0 fully saturated rings. The molecule has 3 aromatic carbocycles. The van der Waals surface area contributed by atoms with Crippen molar-refractivity contribution in [1.29, 1.82) is 5.26 Å². The second kappa shape index (κ2) is 10.1. The molecule has 1 N–H and O–H groups in total. The van der Waals surface area contributed by atoms with E-state index >= 15 is 0 Å². The number of carbonyl (C=O) groups excluding carboxylic acids is 2. The molecule has 0 saturated heterocycles. The Hall–Kier alpha value is -4.70. The normalized spacial score (nSPS) is 14.0. The van der Waals surface area contributed by atoms with Gasteiger partial charge in [-0.15, -0.1) is 0 Å². The number of hydrogen-bond acceptors (Lipinski definition) is 5. The molecule has 1 aliphatic rings. The second-order valence-electron chi connectivity index (χ2n) is 8.19. The molecule has 35 heavy (non-hydrogen) atoms. The molecule has 4 rings (SSSR count). The summed E-state index contributed by atoms with van der Waals surface area (Å²) in [6, 6.07) is 21.6. The van der Waals surface area contributed by atoms with Gasteiger partial charge in [-0.25, -0.2) is 0 Å². The number of nitrogens with zero attached hydrogens (tertiary/aromatic N) is 3. The summed E-state index contributed by atoms with van der Waals surface area (Å²) in [7, 11) is 0. The third kappa shape index (κ3) is 5.28. The summed E-state index contributed by atoms with van der Waals surface area (Å²) < 4.78 is 5.79. The summed E-state index contributed by atoms with van der Waals surface area (Å²) >= 11 is 0. The molecule has 1 heterocycles. The van der Waals surface area contributed by atoms with Gasteiger partial charge < -0.3 is 10.1 Å². The molecule has 0 radical (unpaired) electrons. The number of ether oxygens (including phenoxy) is 1. The fraction of sp³-hybridized carbons (Fsp3) is 0.143. The van der Waals surface area contributed by atoms with Gasteiger partial charge in [-0.1, -0.05) is 24.3 Å². The third-order valence-electron chi connectivity index (χ3n) is 5.67. The Labute approximate surface area is 204 Å². The smallest absolute Gasteiger partial charge is 0.280 e. The fourth-order valence-electron chi connectivity index (χ4n) is 3.58. The highest BCUT2D eigenvalue weighted by molar-refractivity contribution is 6.32. The first-order valence-electron chi connectivity index (χ1n) is 11.1. The summed E-state index contributed by atoms with van der Waals surface area (Å²) in [4.78, 5) is 25.5. The number of anilines is 2.